The lowest BCUT2D eigenvalue weighted by atomic mass is 9.98. The molecule has 2 rings (SSSR count). The molecule has 86 valence electrons. The number of fused-ring (bicyclic) bond motifs is 1. The Morgan fingerprint density at radius 3 is 3.00 bits per heavy atom. The predicted molar refractivity (Wildman–Crippen MR) is 68.9 cm³/mol. The van der Waals surface area contributed by atoms with Gasteiger partial charge in [0.1, 0.15) is 0 Å². The number of carbonyl (C=O) groups is 1. The van der Waals surface area contributed by atoms with Crippen LogP contribution in [-0.4, -0.2) is 16.8 Å². The summed E-state index contributed by atoms with van der Waals surface area (Å²) in [6, 6.07) is 8.66. The molecule has 17 heavy (non-hydrogen) atoms. The van der Waals surface area contributed by atoms with Gasteiger partial charge in [-0.2, -0.15) is 0 Å². The van der Waals surface area contributed by atoms with Gasteiger partial charge in [0.05, 0.1) is 11.6 Å². The molecule has 0 aliphatic rings. The molecule has 0 aliphatic heterocycles. The van der Waals surface area contributed by atoms with Crippen molar-refractivity contribution in [2.75, 3.05) is 0 Å². The van der Waals surface area contributed by atoms with E-state index in [1.165, 1.54) is 0 Å². The summed E-state index contributed by atoms with van der Waals surface area (Å²) < 4.78 is 0. The van der Waals surface area contributed by atoms with E-state index in [9.17, 15) is 4.79 Å². The van der Waals surface area contributed by atoms with E-state index in [2.05, 4.69) is 11.6 Å². The molecule has 0 radical (unpaired) electrons. The minimum Gasteiger partial charge on any atom is -0.321 e. The number of nitrogens with zero attached hydrogens (tertiary/aromatic N) is 1. The molecule has 1 unspecified atom stereocenters. The van der Waals surface area contributed by atoms with Crippen LogP contribution in [0.25, 0.3) is 10.9 Å². The number of hydrogen-bond acceptors (Lipinski definition) is 3. The average molecular weight is 226 g/mol. The maximum absolute atomic E-state index is 12.1. The summed E-state index contributed by atoms with van der Waals surface area (Å²) in [5.41, 5.74) is 7.25. The normalized spacial score (nSPS) is 12.3. The Hall–Kier alpha value is -2.00. The Morgan fingerprint density at radius 2 is 2.24 bits per heavy atom. The topological polar surface area (TPSA) is 56.0 Å². The van der Waals surface area contributed by atoms with E-state index in [4.69, 9.17) is 5.73 Å². The molecule has 1 atom stereocenters. The molecule has 1 aromatic heterocycles. The first-order valence-electron chi connectivity index (χ1n) is 5.48. The van der Waals surface area contributed by atoms with Gasteiger partial charge in [-0.05, 0) is 18.6 Å². The maximum Gasteiger partial charge on any atom is 0.180 e. The second-order valence-electron chi connectivity index (χ2n) is 3.87. The molecule has 0 saturated heterocycles. The Kier molecular flexibility index (Phi) is 3.30. The van der Waals surface area contributed by atoms with Gasteiger partial charge in [-0.3, -0.25) is 9.78 Å². The predicted octanol–water partition coefficient (Wildman–Crippen LogP) is 2.32. The number of aromatic nitrogens is 1. The first kappa shape index (κ1) is 11.5. The fraction of sp³-hybridized carbons (Fsp3) is 0.143. The molecular weight excluding hydrogens is 212 g/mol. The quantitative estimate of drug-likeness (QED) is 0.643. The van der Waals surface area contributed by atoms with Crippen molar-refractivity contribution in [2.45, 2.75) is 12.5 Å². The summed E-state index contributed by atoms with van der Waals surface area (Å²) >= 11 is 0. The SMILES string of the molecule is C=CCC(N)C(=O)c1cccc2ncccc12. The number of pyridine rings is 1. The third-order valence-electron chi connectivity index (χ3n) is 2.67. The number of ketones is 1. The monoisotopic (exact) mass is 226 g/mol. The van der Waals surface area contributed by atoms with Crippen LogP contribution in [0.1, 0.15) is 16.8 Å². The first-order chi connectivity index (χ1) is 8.24. The zero-order chi connectivity index (χ0) is 12.3. The first-order valence-corrected chi connectivity index (χ1v) is 5.48. The average Bonchev–Trinajstić information content (AvgIpc) is 2.37. The number of hydrogen-bond donors (Lipinski definition) is 1. The molecule has 2 aromatic rings. The van der Waals surface area contributed by atoms with Crippen LogP contribution in [-0.2, 0) is 0 Å². The molecule has 3 heteroatoms. The Balaban J connectivity index is 2.48. The molecule has 0 amide bonds. The molecule has 0 spiro atoms. The van der Waals surface area contributed by atoms with Gasteiger partial charge >= 0.3 is 0 Å². The van der Waals surface area contributed by atoms with Gasteiger partial charge in [0.15, 0.2) is 5.78 Å². The molecular formula is C14H14N2O. The smallest absolute Gasteiger partial charge is 0.180 e. The van der Waals surface area contributed by atoms with Crippen molar-refractivity contribution in [1.82, 2.24) is 4.98 Å². The van der Waals surface area contributed by atoms with E-state index in [0.29, 0.717) is 12.0 Å². The second-order valence-corrected chi connectivity index (χ2v) is 3.87. The molecule has 1 aromatic carbocycles. The highest BCUT2D eigenvalue weighted by Crippen LogP contribution is 2.18. The minimum absolute atomic E-state index is 0.0662. The van der Waals surface area contributed by atoms with Crippen molar-refractivity contribution in [1.29, 1.82) is 0 Å². The number of nitrogens with two attached hydrogens (primary N) is 1. The standard InChI is InChI=1S/C14H14N2O/c1-2-5-12(15)14(17)11-6-3-8-13-10(11)7-4-9-16-13/h2-4,6-9,12H,1,5,15H2. The maximum atomic E-state index is 12.1. The van der Waals surface area contributed by atoms with Crippen molar-refractivity contribution in [2.24, 2.45) is 5.73 Å². The van der Waals surface area contributed by atoms with Crippen LogP contribution in [0.15, 0.2) is 49.2 Å². The zero-order valence-corrected chi connectivity index (χ0v) is 9.47. The van der Waals surface area contributed by atoms with Gasteiger partial charge in [-0.25, -0.2) is 0 Å². The number of rotatable bonds is 4. The van der Waals surface area contributed by atoms with Crippen molar-refractivity contribution in [3.8, 4) is 0 Å². The molecule has 0 fully saturated rings. The van der Waals surface area contributed by atoms with Gasteiger partial charge in [0, 0.05) is 17.1 Å². The van der Waals surface area contributed by atoms with Gasteiger partial charge in [0.25, 0.3) is 0 Å². The summed E-state index contributed by atoms with van der Waals surface area (Å²) in [6.45, 7) is 3.59. The Labute approximate surface area is 100.0 Å². The zero-order valence-electron chi connectivity index (χ0n) is 9.47. The van der Waals surface area contributed by atoms with E-state index in [-0.39, 0.29) is 5.78 Å². The number of carbonyl (C=O) groups excluding carboxylic acids is 1. The number of benzene rings is 1. The van der Waals surface area contributed by atoms with E-state index in [1.54, 1.807) is 18.3 Å². The summed E-state index contributed by atoms with van der Waals surface area (Å²) in [5.74, 6) is -0.0662. The lowest BCUT2D eigenvalue weighted by Gasteiger charge is -2.10. The van der Waals surface area contributed by atoms with Crippen LogP contribution in [0, 0.1) is 0 Å². The van der Waals surface area contributed by atoms with Crippen LogP contribution >= 0.6 is 0 Å². The van der Waals surface area contributed by atoms with E-state index in [0.717, 1.165) is 10.9 Å². The van der Waals surface area contributed by atoms with Crippen LogP contribution in [0.5, 0.6) is 0 Å². The fourth-order valence-corrected chi connectivity index (χ4v) is 1.80. The molecule has 2 N–H and O–H groups in total. The Morgan fingerprint density at radius 1 is 1.41 bits per heavy atom. The van der Waals surface area contributed by atoms with Crippen LogP contribution in [0.2, 0.25) is 0 Å². The third kappa shape index (κ3) is 2.24. The molecule has 1 heterocycles. The minimum atomic E-state index is -0.529. The van der Waals surface area contributed by atoms with Gasteiger partial charge < -0.3 is 5.73 Å². The largest absolute Gasteiger partial charge is 0.321 e. The lowest BCUT2D eigenvalue weighted by molar-refractivity contribution is 0.0963. The van der Waals surface area contributed by atoms with Crippen molar-refractivity contribution in [3.63, 3.8) is 0 Å². The van der Waals surface area contributed by atoms with E-state index < -0.39 is 6.04 Å². The molecule has 0 saturated carbocycles. The molecule has 0 bridgehead atoms. The van der Waals surface area contributed by atoms with E-state index >= 15 is 0 Å². The molecule has 3 nitrogen and oxygen atoms in total. The van der Waals surface area contributed by atoms with Crippen LogP contribution in [0.4, 0.5) is 0 Å². The summed E-state index contributed by atoms with van der Waals surface area (Å²) in [4.78, 5) is 16.4. The summed E-state index contributed by atoms with van der Waals surface area (Å²) in [6.07, 6.45) is 3.85. The summed E-state index contributed by atoms with van der Waals surface area (Å²) in [5, 5.41) is 0.847. The summed E-state index contributed by atoms with van der Waals surface area (Å²) in [7, 11) is 0. The highest BCUT2D eigenvalue weighted by atomic mass is 16.1. The number of Topliss-reactive ketones (excluding diaryl/α,β-unsaturated/α-hetero) is 1. The Bertz CT molecular complexity index is 558. The lowest BCUT2D eigenvalue weighted by Crippen LogP contribution is -2.29. The highest BCUT2D eigenvalue weighted by molar-refractivity contribution is 6.09. The van der Waals surface area contributed by atoms with Crippen LogP contribution in [0.3, 0.4) is 0 Å². The highest BCUT2D eigenvalue weighted by Gasteiger charge is 2.16. The van der Waals surface area contributed by atoms with Crippen LogP contribution < -0.4 is 5.73 Å². The van der Waals surface area contributed by atoms with Gasteiger partial charge in [-0.15, -0.1) is 6.58 Å². The van der Waals surface area contributed by atoms with Crippen molar-refractivity contribution >= 4 is 16.7 Å². The van der Waals surface area contributed by atoms with Crippen molar-refractivity contribution < 1.29 is 4.79 Å². The van der Waals surface area contributed by atoms with Gasteiger partial charge in [0.2, 0.25) is 0 Å². The third-order valence-corrected chi connectivity index (χ3v) is 2.67. The second kappa shape index (κ2) is 4.89. The van der Waals surface area contributed by atoms with Gasteiger partial charge in [-0.1, -0.05) is 24.3 Å². The fourth-order valence-electron chi connectivity index (χ4n) is 1.80. The van der Waals surface area contributed by atoms with E-state index in [1.807, 2.05) is 24.3 Å². The molecule has 0 aliphatic carbocycles. The van der Waals surface area contributed by atoms with Crippen molar-refractivity contribution in [3.05, 3.63) is 54.7 Å².